The van der Waals surface area contributed by atoms with Crippen LogP contribution in [0.4, 0.5) is 5.82 Å². The summed E-state index contributed by atoms with van der Waals surface area (Å²) in [4.78, 5) is 11.8. The van der Waals surface area contributed by atoms with Crippen molar-refractivity contribution in [3.8, 4) is 5.75 Å². The lowest BCUT2D eigenvalue weighted by atomic mass is 10.2. The van der Waals surface area contributed by atoms with Crippen LogP contribution in [-0.4, -0.2) is 18.0 Å². The number of nitrogens with zero attached hydrogens (tertiary/aromatic N) is 2. The number of hydrogen-bond donors (Lipinski definition) is 1. The monoisotopic (exact) mass is 257 g/mol. The van der Waals surface area contributed by atoms with Gasteiger partial charge in [0.15, 0.2) is 0 Å². The summed E-state index contributed by atoms with van der Waals surface area (Å²) in [5.74, 6) is 0.987. The van der Waals surface area contributed by atoms with E-state index in [1.165, 1.54) is 6.07 Å². The van der Waals surface area contributed by atoms with Gasteiger partial charge in [0.25, 0.3) is 5.56 Å². The topological polar surface area (TPSA) is 69.6 Å². The highest BCUT2D eigenvalue weighted by atomic mass is 16.5. The number of aryl methyl sites for hydroxylation is 1. The maximum atomic E-state index is 11.8. The van der Waals surface area contributed by atoms with Crippen molar-refractivity contribution in [1.29, 1.82) is 0 Å². The molecular weight excluding hydrogens is 242 g/mol. The molecule has 0 atom stereocenters. The maximum Gasteiger partial charge on any atom is 0.273 e. The Labute approximate surface area is 110 Å². The number of anilines is 1. The zero-order chi connectivity index (χ0) is 13.8. The summed E-state index contributed by atoms with van der Waals surface area (Å²) in [6.07, 6.45) is 1.55. The Morgan fingerprint density at radius 1 is 1.32 bits per heavy atom. The quantitative estimate of drug-likeness (QED) is 0.850. The van der Waals surface area contributed by atoms with Gasteiger partial charge >= 0.3 is 0 Å². The number of ether oxygens (including phenoxy) is 1. The Balaban J connectivity index is 2.41. The van der Waals surface area contributed by atoms with E-state index in [-0.39, 0.29) is 5.56 Å². The van der Waals surface area contributed by atoms with Gasteiger partial charge in [0, 0.05) is 11.6 Å². The molecule has 1 aromatic heterocycles. The number of nitrogen functional groups attached to an aromatic ring is 1. The van der Waals surface area contributed by atoms with Crippen LogP contribution in [0.25, 0.3) is 0 Å². The van der Waals surface area contributed by atoms with Crippen molar-refractivity contribution in [2.45, 2.75) is 6.92 Å². The van der Waals surface area contributed by atoms with Crippen molar-refractivity contribution in [3.05, 3.63) is 57.9 Å². The SMILES string of the molecule is COc1ccccc1/C=N\n1c(N)cc(C)cc1=O. The van der Waals surface area contributed by atoms with Crippen molar-refractivity contribution in [2.24, 2.45) is 5.10 Å². The third-order valence-electron chi connectivity index (χ3n) is 2.63. The molecule has 2 N–H and O–H groups in total. The van der Waals surface area contributed by atoms with Crippen molar-refractivity contribution in [3.63, 3.8) is 0 Å². The Morgan fingerprint density at radius 3 is 2.74 bits per heavy atom. The van der Waals surface area contributed by atoms with Gasteiger partial charge in [-0.2, -0.15) is 9.78 Å². The molecule has 0 saturated heterocycles. The first-order valence-corrected chi connectivity index (χ1v) is 5.78. The first kappa shape index (κ1) is 12.9. The van der Waals surface area contributed by atoms with E-state index < -0.39 is 0 Å². The molecule has 98 valence electrons. The van der Waals surface area contributed by atoms with Gasteiger partial charge in [0.2, 0.25) is 0 Å². The molecule has 1 heterocycles. The van der Waals surface area contributed by atoms with Crippen molar-refractivity contribution in [1.82, 2.24) is 4.68 Å². The van der Waals surface area contributed by atoms with Crippen LogP contribution in [0.3, 0.4) is 0 Å². The third kappa shape index (κ3) is 2.82. The van der Waals surface area contributed by atoms with Crippen LogP contribution in [0.15, 0.2) is 46.3 Å². The summed E-state index contributed by atoms with van der Waals surface area (Å²) in [6.45, 7) is 1.81. The second-order valence-electron chi connectivity index (χ2n) is 4.09. The van der Waals surface area contributed by atoms with Gasteiger partial charge < -0.3 is 10.5 Å². The lowest BCUT2D eigenvalue weighted by molar-refractivity contribution is 0.414. The minimum Gasteiger partial charge on any atom is -0.496 e. The van der Waals surface area contributed by atoms with E-state index in [2.05, 4.69) is 5.10 Å². The van der Waals surface area contributed by atoms with Gasteiger partial charge in [0.1, 0.15) is 11.6 Å². The average molecular weight is 257 g/mol. The molecule has 0 amide bonds. The molecule has 2 aromatic rings. The molecule has 0 radical (unpaired) electrons. The maximum absolute atomic E-state index is 11.8. The van der Waals surface area contributed by atoms with Gasteiger partial charge in [0.05, 0.1) is 13.3 Å². The Morgan fingerprint density at radius 2 is 2.05 bits per heavy atom. The molecule has 0 aliphatic rings. The lowest BCUT2D eigenvalue weighted by Gasteiger charge is -2.05. The number of rotatable bonds is 3. The molecule has 0 spiro atoms. The molecule has 0 bridgehead atoms. The standard InChI is InChI=1S/C14H15N3O2/c1-10-7-13(15)17(14(18)8-10)16-9-11-5-3-4-6-12(11)19-2/h3-9H,15H2,1-2H3/b16-9-. The largest absolute Gasteiger partial charge is 0.496 e. The van der Waals surface area contributed by atoms with E-state index in [9.17, 15) is 4.79 Å². The number of para-hydroxylation sites is 1. The molecular formula is C14H15N3O2. The van der Waals surface area contributed by atoms with E-state index in [0.29, 0.717) is 11.6 Å². The fraction of sp³-hybridized carbons (Fsp3) is 0.143. The second-order valence-corrected chi connectivity index (χ2v) is 4.09. The molecule has 0 aliphatic carbocycles. The van der Waals surface area contributed by atoms with Crippen molar-refractivity contribution < 1.29 is 4.74 Å². The molecule has 19 heavy (non-hydrogen) atoms. The predicted octanol–water partition coefficient (Wildman–Crippen LogP) is 1.63. The Kier molecular flexibility index (Phi) is 3.66. The molecule has 0 fully saturated rings. The zero-order valence-corrected chi connectivity index (χ0v) is 10.8. The van der Waals surface area contributed by atoms with Crippen LogP contribution >= 0.6 is 0 Å². The third-order valence-corrected chi connectivity index (χ3v) is 2.63. The molecule has 2 rings (SSSR count). The smallest absolute Gasteiger partial charge is 0.273 e. The fourth-order valence-electron chi connectivity index (χ4n) is 1.74. The number of aromatic nitrogens is 1. The molecule has 1 aromatic carbocycles. The van der Waals surface area contributed by atoms with Gasteiger partial charge in [-0.05, 0) is 30.7 Å². The highest BCUT2D eigenvalue weighted by Crippen LogP contribution is 2.14. The van der Waals surface area contributed by atoms with Crippen LogP contribution in [0.1, 0.15) is 11.1 Å². The highest BCUT2D eigenvalue weighted by Gasteiger charge is 2.01. The van der Waals surface area contributed by atoms with E-state index in [0.717, 1.165) is 15.8 Å². The van der Waals surface area contributed by atoms with Crippen LogP contribution in [0.5, 0.6) is 5.75 Å². The van der Waals surface area contributed by atoms with E-state index in [1.807, 2.05) is 31.2 Å². The average Bonchev–Trinajstić information content (AvgIpc) is 2.38. The fourth-order valence-corrected chi connectivity index (χ4v) is 1.74. The molecule has 0 unspecified atom stereocenters. The highest BCUT2D eigenvalue weighted by molar-refractivity contribution is 5.83. The number of nitrogens with two attached hydrogens (primary N) is 1. The molecule has 5 heteroatoms. The van der Waals surface area contributed by atoms with Crippen molar-refractivity contribution >= 4 is 12.0 Å². The Hall–Kier alpha value is -2.56. The summed E-state index contributed by atoms with van der Waals surface area (Å²) < 4.78 is 6.36. The van der Waals surface area contributed by atoms with Gasteiger partial charge in [-0.1, -0.05) is 12.1 Å². The van der Waals surface area contributed by atoms with Gasteiger partial charge in [-0.3, -0.25) is 4.79 Å². The van der Waals surface area contributed by atoms with Gasteiger partial charge in [-0.15, -0.1) is 0 Å². The van der Waals surface area contributed by atoms with E-state index >= 15 is 0 Å². The normalized spacial score (nSPS) is 10.8. The van der Waals surface area contributed by atoms with E-state index in [4.69, 9.17) is 10.5 Å². The minimum atomic E-state index is -0.261. The Bertz CT molecular complexity index is 675. The minimum absolute atomic E-state index is 0.261. The summed E-state index contributed by atoms with van der Waals surface area (Å²) in [6, 6.07) is 10.6. The molecule has 5 nitrogen and oxygen atoms in total. The van der Waals surface area contributed by atoms with E-state index in [1.54, 1.807) is 19.4 Å². The summed E-state index contributed by atoms with van der Waals surface area (Å²) in [7, 11) is 1.58. The molecule has 0 aliphatic heterocycles. The van der Waals surface area contributed by atoms with Crippen molar-refractivity contribution in [2.75, 3.05) is 12.8 Å². The summed E-state index contributed by atoms with van der Waals surface area (Å²) in [5.41, 5.74) is 7.10. The number of hydrogen-bond acceptors (Lipinski definition) is 4. The predicted molar refractivity (Wildman–Crippen MR) is 75.8 cm³/mol. The van der Waals surface area contributed by atoms with Crippen LogP contribution in [0.2, 0.25) is 0 Å². The molecule has 0 saturated carbocycles. The lowest BCUT2D eigenvalue weighted by Crippen LogP contribution is -2.19. The zero-order valence-electron chi connectivity index (χ0n) is 10.8. The first-order valence-electron chi connectivity index (χ1n) is 5.78. The van der Waals surface area contributed by atoms with Gasteiger partial charge in [-0.25, -0.2) is 0 Å². The number of methoxy groups -OCH3 is 1. The van der Waals surface area contributed by atoms with Crippen LogP contribution in [-0.2, 0) is 0 Å². The van der Waals surface area contributed by atoms with Crippen LogP contribution < -0.4 is 16.0 Å². The summed E-state index contributed by atoms with van der Waals surface area (Å²) >= 11 is 0. The first-order chi connectivity index (χ1) is 9.11. The number of pyridine rings is 1. The second kappa shape index (κ2) is 5.39. The summed E-state index contributed by atoms with van der Waals surface area (Å²) in [5, 5.41) is 4.10. The number of benzene rings is 1. The van der Waals surface area contributed by atoms with Crippen LogP contribution in [0, 0.1) is 6.92 Å².